The smallest absolute Gasteiger partial charge is 0.335 e. The Kier molecular flexibility index (Phi) is 5.51. The zero-order valence-corrected chi connectivity index (χ0v) is 14.3. The fourth-order valence-electron chi connectivity index (χ4n) is 3.14. The van der Waals surface area contributed by atoms with Crippen LogP contribution < -0.4 is 0 Å². The van der Waals surface area contributed by atoms with Gasteiger partial charge in [-0.05, 0) is 35.6 Å². The van der Waals surface area contributed by atoms with E-state index in [0.29, 0.717) is 18.8 Å². The molecular weight excluding hydrogens is 316 g/mol. The molecule has 0 bridgehead atoms. The van der Waals surface area contributed by atoms with Crippen molar-refractivity contribution in [3.05, 3.63) is 71.3 Å². The predicted molar refractivity (Wildman–Crippen MR) is 96.1 cm³/mol. The fourth-order valence-corrected chi connectivity index (χ4v) is 3.14. The van der Waals surface area contributed by atoms with Crippen molar-refractivity contribution in [1.82, 2.24) is 0 Å². The zero-order chi connectivity index (χ0) is 17.6. The lowest BCUT2D eigenvalue weighted by atomic mass is 9.87. The molecule has 1 N–H and O–H groups in total. The van der Waals surface area contributed by atoms with E-state index in [9.17, 15) is 9.90 Å². The summed E-state index contributed by atoms with van der Waals surface area (Å²) in [5.74, 6) is -0.0768. The van der Waals surface area contributed by atoms with Gasteiger partial charge >= 0.3 is 5.97 Å². The van der Waals surface area contributed by atoms with Crippen molar-refractivity contribution in [2.24, 2.45) is 0 Å². The molecule has 0 amide bonds. The van der Waals surface area contributed by atoms with Gasteiger partial charge in [-0.25, -0.2) is 4.79 Å². The van der Waals surface area contributed by atoms with Crippen LogP contribution in [0, 0.1) is 0 Å². The van der Waals surface area contributed by atoms with Gasteiger partial charge in [-0.3, -0.25) is 0 Å². The van der Waals surface area contributed by atoms with Crippen LogP contribution >= 0.6 is 0 Å². The highest BCUT2D eigenvalue weighted by Gasteiger charge is 2.25. The molecule has 25 heavy (non-hydrogen) atoms. The summed E-state index contributed by atoms with van der Waals surface area (Å²) in [6.45, 7) is 0.348. The number of esters is 1. The molecule has 1 aliphatic carbocycles. The first-order valence-electron chi connectivity index (χ1n) is 8.42. The number of carbonyl (C=O) groups is 1. The highest BCUT2D eigenvalue weighted by atomic mass is 16.6. The third-order valence-corrected chi connectivity index (χ3v) is 4.45. The number of fused-ring (bicyclic) bond motifs is 1. The highest BCUT2D eigenvalue weighted by molar-refractivity contribution is 5.80. The van der Waals surface area contributed by atoms with Crippen LogP contribution in [0.3, 0.4) is 0 Å². The standard InChI is InChI=1S/C21H22O4/c1-24-21(23)20(25-14-15-7-3-2-4-8-15)13-16-9-5-11-18-17(16)10-6-12-19(18)22/h2-4,6-10,12,20,22H,5,11,13-14H2,1H3. The molecule has 3 rings (SSSR count). The molecule has 4 nitrogen and oxygen atoms in total. The minimum Gasteiger partial charge on any atom is -0.508 e. The summed E-state index contributed by atoms with van der Waals surface area (Å²) in [5.41, 5.74) is 3.95. The molecule has 130 valence electrons. The monoisotopic (exact) mass is 338 g/mol. The van der Waals surface area contributed by atoms with Gasteiger partial charge in [-0.2, -0.15) is 0 Å². The summed E-state index contributed by atoms with van der Waals surface area (Å²) in [4.78, 5) is 12.2. The second-order valence-corrected chi connectivity index (χ2v) is 6.08. The van der Waals surface area contributed by atoms with E-state index >= 15 is 0 Å². The second-order valence-electron chi connectivity index (χ2n) is 6.08. The zero-order valence-electron chi connectivity index (χ0n) is 14.3. The number of hydrogen-bond acceptors (Lipinski definition) is 4. The lowest BCUT2D eigenvalue weighted by Gasteiger charge is -2.22. The Morgan fingerprint density at radius 2 is 1.96 bits per heavy atom. The maximum absolute atomic E-state index is 12.2. The van der Waals surface area contributed by atoms with Gasteiger partial charge in [0, 0.05) is 12.0 Å². The van der Waals surface area contributed by atoms with E-state index in [-0.39, 0.29) is 5.97 Å². The molecule has 0 heterocycles. The molecule has 0 aromatic heterocycles. The van der Waals surface area contributed by atoms with Gasteiger partial charge in [0.2, 0.25) is 0 Å². The number of ether oxygens (including phenoxy) is 2. The van der Waals surface area contributed by atoms with Gasteiger partial charge in [0.05, 0.1) is 13.7 Å². The third-order valence-electron chi connectivity index (χ3n) is 4.45. The van der Waals surface area contributed by atoms with Crippen molar-refractivity contribution in [3.8, 4) is 5.75 Å². The van der Waals surface area contributed by atoms with Crippen molar-refractivity contribution in [2.75, 3.05) is 7.11 Å². The van der Waals surface area contributed by atoms with Crippen LogP contribution in [0.25, 0.3) is 5.57 Å². The molecular formula is C21H22O4. The minimum absolute atomic E-state index is 0.308. The number of benzene rings is 2. The molecule has 2 aromatic rings. The number of hydrogen-bond donors (Lipinski definition) is 1. The Hall–Kier alpha value is -2.59. The summed E-state index contributed by atoms with van der Waals surface area (Å²) >= 11 is 0. The molecule has 0 spiro atoms. The first kappa shape index (κ1) is 17.2. The Morgan fingerprint density at radius 1 is 1.16 bits per heavy atom. The number of allylic oxidation sites excluding steroid dienone is 1. The van der Waals surface area contributed by atoms with Crippen LogP contribution in [0.4, 0.5) is 0 Å². The van der Waals surface area contributed by atoms with E-state index in [0.717, 1.165) is 35.1 Å². The summed E-state index contributed by atoms with van der Waals surface area (Å²) in [5, 5.41) is 10.1. The third kappa shape index (κ3) is 4.09. The van der Waals surface area contributed by atoms with Gasteiger partial charge in [0.15, 0.2) is 6.10 Å². The number of carbonyl (C=O) groups excluding carboxylic acids is 1. The molecule has 2 aromatic carbocycles. The van der Waals surface area contributed by atoms with Crippen LogP contribution in [0.2, 0.25) is 0 Å². The van der Waals surface area contributed by atoms with E-state index in [1.54, 1.807) is 6.07 Å². The number of rotatable bonds is 6. The maximum atomic E-state index is 12.2. The first-order valence-corrected chi connectivity index (χ1v) is 8.42. The number of phenols is 1. The molecule has 0 fully saturated rings. The molecule has 1 aliphatic rings. The van der Waals surface area contributed by atoms with Gasteiger partial charge in [0.25, 0.3) is 0 Å². The van der Waals surface area contributed by atoms with Crippen molar-refractivity contribution < 1.29 is 19.4 Å². The average molecular weight is 338 g/mol. The second kappa shape index (κ2) is 7.99. The maximum Gasteiger partial charge on any atom is 0.335 e. The molecule has 0 aliphatic heterocycles. The van der Waals surface area contributed by atoms with E-state index in [2.05, 4.69) is 6.08 Å². The summed E-state index contributed by atoms with van der Waals surface area (Å²) < 4.78 is 10.8. The number of phenolic OH excluding ortho intramolecular Hbond substituents is 1. The predicted octanol–water partition coefficient (Wildman–Crippen LogP) is 3.87. The van der Waals surface area contributed by atoms with E-state index in [1.165, 1.54) is 7.11 Å². The largest absolute Gasteiger partial charge is 0.508 e. The Morgan fingerprint density at radius 3 is 2.72 bits per heavy atom. The molecule has 0 saturated heterocycles. The minimum atomic E-state index is -0.676. The normalized spacial score (nSPS) is 14.4. The van der Waals surface area contributed by atoms with E-state index in [4.69, 9.17) is 9.47 Å². The summed E-state index contributed by atoms with van der Waals surface area (Å²) in [7, 11) is 1.37. The molecule has 1 unspecified atom stereocenters. The van der Waals surface area contributed by atoms with Crippen LogP contribution in [-0.2, 0) is 27.3 Å². The lowest BCUT2D eigenvalue weighted by molar-refractivity contribution is -0.154. The van der Waals surface area contributed by atoms with Crippen molar-refractivity contribution in [3.63, 3.8) is 0 Å². The number of aromatic hydroxyl groups is 1. The Balaban J connectivity index is 1.76. The lowest BCUT2D eigenvalue weighted by Crippen LogP contribution is -2.26. The van der Waals surface area contributed by atoms with Crippen LogP contribution in [0.1, 0.15) is 29.5 Å². The molecule has 1 atom stereocenters. The van der Waals surface area contributed by atoms with E-state index < -0.39 is 6.10 Å². The van der Waals surface area contributed by atoms with E-state index in [1.807, 2.05) is 42.5 Å². The van der Waals surface area contributed by atoms with Gasteiger partial charge in [-0.15, -0.1) is 0 Å². The quantitative estimate of drug-likeness (QED) is 0.813. The van der Waals surface area contributed by atoms with Crippen LogP contribution in [-0.4, -0.2) is 24.3 Å². The van der Waals surface area contributed by atoms with Crippen molar-refractivity contribution >= 4 is 11.5 Å². The Labute approximate surface area is 147 Å². The summed E-state index contributed by atoms with van der Waals surface area (Å²) in [6, 6.07) is 15.2. The topological polar surface area (TPSA) is 55.8 Å². The SMILES string of the molecule is COC(=O)C(CC1=CCCc2c(O)cccc21)OCc1ccccc1. The van der Waals surface area contributed by atoms with Gasteiger partial charge < -0.3 is 14.6 Å². The van der Waals surface area contributed by atoms with Crippen LogP contribution in [0.15, 0.2) is 54.6 Å². The van der Waals surface area contributed by atoms with Crippen LogP contribution in [0.5, 0.6) is 5.75 Å². The number of methoxy groups -OCH3 is 1. The molecule has 4 heteroatoms. The fraction of sp³-hybridized carbons (Fsp3) is 0.286. The van der Waals surface area contributed by atoms with Crippen molar-refractivity contribution in [1.29, 1.82) is 0 Å². The van der Waals surface area contributed by atoms with Gasteiger partial charge in [0.1, 0.15) is 5.75 Å². The average Bonchev–Trinajstić information content (AvgIpc) is 2.66. The molecule has 0 saturated carbocycles. The van der Waals surface area contributed by atoms with Crippen molar-refractivity contribution in [2.45, 2.75) is 32.0 Å². The molecule has 0 radical (unpaired) electrons. The summed E-state index contributed by atoms with van der Waals surface area (Å²) in [6.07, 6.45) is 3.51. The first-order chi connectivity index (χ1) is 12.2. The highest BCUT2D eigenvalue weighted by Crippen LogP contribution is 2.35. The van der Waals surface area contributed by atoms with Gasteiger partial charge in [-0.1, -0.05) is 48.5 Å². The Bertz CT molecular complexity index is 765.